The maximum Gasteiger partial charge on any atom is 0.250 e. The zero-order chi connectivity index (χ0) is 27.2. The molecular formula is C27H37N7O5. The Balaban J connectivity index is 1.39. The van der Waals surface area contributed by atoms with Crippen molar-refractivity contribution in [2.24, 2.45) is 0 Å². The molecule has 1 atom stereocenters. The number of carbonyl (C=O) groups is 2. The number of hydrogen-bond donors (Lipinski definition) is 1. The highest BCUT2D eigenvalue weighted by molar-refractivity contribution is 5.88. The van der Waals surface area contributed by atoms with Crippen LogP contribution in [0.3, 0.4) is 0 Å². The molecule has 39 heavy (non-hydrogen) atoms. The van der Waals surface area contributed by atoms with Gasteiger partial charge in [0.15, 0.2) is 11.8 Å². The first-order valence-corrected chi connectivity index (χ1v) is 13.8. The van der Waals surface area contributed by atoms with E-state index in [-0.39, 0.29) is 24.4 Å². The Morgan fingerprint density at radius 3 is 2.49 bits per heavy atom. The predicted octanol–water partition coefficient (Wildman–Crippen LogP) is 2.49. The molecule has 2 fully saturated rings. The van der Waals surface area contributed by atoms with E-state index in [1.165, 1.54) is 11.2 Å². The summed E-state index contributed by atoms with van der Waals surface area (Å²) in [4.78, 5) is 32.7. The summed E-state index contributed by atoms with van der Waals surface area (Å²) in [5.74, 6) is 2.08. The topological polar surface area (TPSA) is 132 Å². The number of ether oxygens (including phenoxy) is 1. The van der Waals surface area contributed by atoms with Gasteiger partial charge in [0, 0.05) is 32.2 Å². The minimum absolute atomic E-state index is 0.0947. The normalized spacial score (nSPS) is 17.7. The number of furan rings is 2. The van der Waals surface area contributed by atoms with Crippen LogP contribution in [0.2, 0.25) is 0 Å². The third-order valence-electron chi connectivity index (χ3n) is 7.31. The van der Waals surface area contributed by atoms with Crippen LogP contribution in [-0.4, -0.2) is 87.3 Å². The Bertz CT molecular complexity index is 1240. The van der Waals surface area contributed by atoms with Crippen molar-refractivity contribution < 1.29 is 23.2 Å². The monoisotopic (exact) mass is 539 g/mol. The van der Waals surface area contributed by atoms with Crippen LogP contribution in [0.4, 0.5) is 0 Å². The molecule has 0 aromatic carbocycles. The highest BCUT2D eigenvalue weighted by Crippen LogP contribution is 2.26. The number of amides is 2. The summed E-state index contributed by atoms with van der Waals surface area (Å²) in [6.07, 6.45) is 5.24. The molecule has 3 aromatic rings. The Hall–Kier alpha value is -3.51. The molecule has 5 rings (SSSR count). The van der Waals surface area contributed by atoms with Gasteiger partial charge in [0.25, 0.3) is 5.91 Å². The summed E-state index contributed by atoms with van der Waals surface area (Å²) in [6.45, 7) is 7.26. The fraction of sp³-hybridized carbons (Fsp3) is 0.593. The third kappa shape index (κ3) is 6.93. The average molecular weight is 540 g/mol. The molecule has 1 aliphatic heterocycles. The lowest BCUT2D eigenvalue weighted by molar-refractivity contribution is -0.143. The third-order valence-corrected chi connectivity index (χ3v) is 7.31. The van der Waals surface area contributed by atoms with Crippen molar-refractivity contribution in [3.05, 3.63) is 41.5 Å². The van der Waals surface area contributed by atoms with E-state index < -0.39 is 6.04 Å². The fourth-order valence-corrected chi connectivity index (χ4v) is 5.20. The maximum absolute atomic E-state index is 13.9. The molecule has 1 saturated carbocycles. The van der Waals surface area contributed by atoms with Crippen LogP contribution >= 0.6 is 0 Å². The molecule has 0 radical (unpaired) electrons. The zero-order valence-electron chi connectivity index (χ0n) is 22.7. The van der Waals surface area contributed by atoms with Gasteiger partial charge in [-0.05, 0) is 56.2 Å². The smallest absolute Gasteiger partial charge is 0.250 e. The van der Waals surface area contributed by atoms with E-state index in [0.717, 1.165) is 44.5 Å². The maximum atomic E-state index is 13.9. The first kappa shape index (κ1) is 27.1. The van der Waals surface area contributed by atoms with Crippen LogP contribution in [-0.2, 0) is 20.9 Å². The molecule has 1 saturated heterocycles. The molecule has 3 aromatic heterocycles. The number of aromatic nitrogens is 4. The SMILES string of the molecule is Cc1ccc(-c2nnn(CC(=O)N(CCN3CCOCC3)C(C(=O)NC3CCCCC3)c3ccc(C)o3)n2)o1. The van der Waals surface area contributed by atoms with Gasteiger partial charge in [0.2, 0.25) is 11.7 Å². The lowest BCUT2D eigenvalue weighted by Gasteiger charge is -2.34. The van der Waals surface area contributed by atoms with Crippen LogP contribution in [0.15, 0.2) is 33.1 Å². The van der Waals surface area contributed by atoms with Crippen molar-refractivity contribution in [3.63, 3.8) is 0 Å². The van der Waals surface area contributed by atoms with Crippen LogP contribution in [0, 0.1) is 13.8 Å². The van der Waals surface area contributed by atoms with Gasteiger partial charge in [0.05, 0.1) is 13.2 Å². The Morgan fingerprint density at radius 2 is 1.79 bits per heavy atom. The standard InChI is InChI=1S/C27H37N7O5/c1-19-8-10-22(38-19)25(27(36)28-21-6-4-3-5-7-21)33(13-12-32-14-16-37-17-15-32)24(35)18-34-30-26(29-31-34)23-11-9-20(2)39-23/h8-11,21,25H,3-7,12-18H2,1-2H3,(H,28,36). The summed E-state index contributed by atoms with van der Waals surface area (Å²) in [7, 11) is 0. The van der Waals surface area contributed by atoms with Crippen molar-refractivity contribution >= 4 is 11.8 Å². The summed E-state index contributed by atoms with van der Waals surface area (Å²) in [6, 6.07) is 6.35. The Kier molecular flexibility index (Phi) is 8.72. The van der Waals surface area contributed by atoms with E-state index in [4.69, 9.17) is 13.6 Å². The van der Waals surface area contributed by atoms with Gasteiger partial charge in [-0.15, -0.1) is 10.2 Å². The minimum atomic E-state index is -0.912. The quantitative estimate of drug-likeness (QED) is 0.413. The van der Waals surface area contributed by atoms with E-state index in [1.54, 1.807) is 17.0 Å². The van der Waals surface area contributed by atoms with Crippen LogP contribution in [0.1, 0.15) is 55.4 Å². The number of rotatable bonds is 10. The molecule has 0 spiro atoms. The average Bonchev–Trinajstić information content (AvgIpc) is 3.69. The Morgan fingerprint density at radius 1 is 1.05 bits per heavy atom. The molecule has 1 N–H and O–H groups in total. The first-order valence-electron chi connectivity index (χ1n) is 13.8. The summed E-state index contributed by atoms with van der Waals surface area (Å²) >= 11 is 0. The lowest BCUT2D eigenvalue weighted by Crippen LogP contribution is -2.50. The second kappa shape index (κ2) is 12.6. The first-order chi connectivity index (χ1) is 19.0. The van der Waals surface area contributed by atoms with Gasteiger partial charge in [0.1, 0.15) is 23.8 Å². The molecule has 210 valence electrons. The fourth-order valence-electron chi connectivity index (χ4n) is 5.20. The summed E-state index contributed by atoms with van der Waals surface area (Å²) in [5.41, 5.74) is 0. The molecule has 2 amide bonds. The van der Waals surface area contributed by atoms with Gasteiger partial charge in [-0.25, -0.2) is 0 Å². The molecular weight excluding hydrogens is 502 g/mol. The van der Waals surface area contributed by atoms with Gasteiger partial charge >= 0.3 is 0 Å². The summed E-state index contributed by atoms with van der Waals surface area (Å²) in [5, 5.41) is 15.7. The van der Waals surface area contributed by atoms with Crippen LogP contribution in [0.25, 0.3) is 11.6 Å². The van der Waals surface area contributed by atoms with Gasteiger partial charge < -0.3 is 23.8 Å². The number of hydrogen-bond acceptors (Lipinski definition) is 9. The zero-order valence-corrected chi connectivity index (χ0v) is 22.7. The van der Waals surface area contributed by atoms with Gasteiger partial charge in [-0.3, -0.25) is 14.5 Å². The number of aryl methyl sites for hydroxylation is 2. The number of tetrazole rings is 1. The number of nitrogens with one attached hydrogen (secondary N) is 1. The molecule has 0 bridgehead atoms. The van der Waals surface area contributed by atoms with Crippen molar-refractivity contribution in [1.82, 2.24) is 35.3 Å². The Labute approximate surface area is 227 Å². The van der Waals surface area contributed by atoms with Crippen molar-refractivity contribution in [2.75, 3.05) is 39.4 Å². The minimum Gasteiger partial charge on any atom is -0.464 e. The van der Waals surface area contributed by atoms with Crippen molar-refractivity contribution in [2.45, 2.75) is 64.6 Å². The second-order valence-electron chi connectivity index (χ2n) is 10.3. The van der Waals surface area contributed by atoms with E-state index in [1.807, 2.05) is 26.0 Å². The number of morpholine rings is 1. The highest BCUT2D eigenvalue weighted by atomic mass is 16.5. The van der Waals surface area contributed by atoms with E-state index in [0.29, 0.717) is 49.4 Å². The van der Waals surface area contributed by atoms with Crippen LogP contribution < -0.4 is 5.32 Å². The molecule has 4 heterocycles. The van der Waals surface area contributed by atoms with Crippen LogP contribution in [0.5, 0.6) is 0 Å². The summed E-state index contributed by atoms with van der Waals surface area (Å²) < 4.78 is 17.0. The van der Waals surface area contributed by atoms with E-state index in [2.05, 4.69) is 25.6 Å². The molecule has 1 unspecified atom stereocenters. The van der Waals surface area contributed by atoms with Gasteiger partial charge in [-0.2, -0.15) is 4.80 Å². The highest BCUT2D eigenvalue weighted by Gasteiger charge is 2.35. The predicted molar refractivity (Wildman–Crippen MR) is 140 cm³/mol. The van der Waals surface area contributed by atoms with E-state index in [9.17, 15) is 9.59 Å². The van der Waals surface area contributed by atoms with Gasteiger partial charge in [-0.1, -0.05) is 19.3 Å². The second-order valence-corrected chi connectivity index (χ2v) is 10.3. The molecule has 1 aliphatic carbocycles. The van der Waals surface area contributed by atoms with Crippen molar-refractivity contribution in [1.29, 1.82) is 0 Å². The van der Waals surface area contributed by atoms with Crippen molar-refractivity contribution in [3.8, 4) is 11.6 Å². The molecule has 12 nitrogen and oxygen atoms in total. The molecule has 2 aliphatic rings. The number of nitrogens with zero attached hydrogens (tertiary/aromatic N) is 6. The number of carbonyl (C=O) groups excluding carboxylic acids is 2. The lowest BCUT2D eigenvalue weighted by atomic mass is 9.95. The largest absolute Gasteiger partial charge is 0.464 e. The van der Waals surface area contributed by atoms with E-state index >= 15 is 0 Å². The molecule has 12 heteroatoms.